The predicted octanol–water partition coefficient (Wildman–Crippen LogP) is 0.985. The van der Waals surface area contributed by atoms with Gasteiger partial charge in [0.2, 0.25) is 11.8 Å². The Hall–Kier alpha value is -2.02. The van der Waals surface area contributed by atoms with Gasteiger partial charge in [-0.3, -0.25) is 9.59 Å². The lowest BCUT2D eigenvalue weighted by molar-refractivity contribution is -0.138. The Morgan fingerprint density at radius 2 is 1.75 bits per heavy atom. The third-order valence-corrected chi connectivity index (χ3v) is 2.60. The summed E-state index contributed by atoms with van der Waals surface area (Å²) in [7, 11) is 0. The van der Waals surface area contributed by atoms with Gasteiger partial charge in [-0.1, -0.05) is 0 Å². The van der Waals surface area contributed by atoms with Crippen LogP contribution in [0.1, 0.15) is 13.8 Å². The molecule has 6 nitrogen and oxygen atoms in total. The number of nitrogens with one attached hydrogen (secondary N) is 2. The first-order valence-corrected chi connectivity index (χ1v) is 6.53. The van der Waals surface area contributed by atoms with Crippen molar-refractivity contribution in [2.24, 2.45) is 0 Å². The average molecular weight is 296 g/mol. The molecule has 0 aliphatic heterocycles. The molecular weight excluding hydrogens is 280 g/mol. The van der Waals surface area contributed by atoms with Gasteiger partial charge in [-0.25, -0.2) is 4.79 Å². The molecule has 0 heterocycles. The lowest BCUT2D eigenvalue weighted by Crippen LogP contribution is -2.43. The molecule has 0 aliphatic carbocycles. The molecule has 1 aromatic carbocycles. The van der Waals surface area contributed by atoms with Crippen molar-refractivity contribution in [2.75, 3.05) is 11.1 Å². The third kappa shape index (κ3) is 5.31. The zero-order valence-corrected chi connectivity index (χ0v) is 12.1. The van der Waals surface area contributed by atoms with Crippen LogP contribution in [0, 0.1) is 0 Å². The number of benzene rings is 1. The van der Waals surface area contributed by atoms with E-state index in [9.17, 15) is 14.4 Å². The van der Waals surface area contributed by atoms with E-state index in [4.69, 9.17) is 4.74 Å². The summed E-state index contributed by atoms with van der Waals surface area (Å²) in [5, 5.41) is 5.04. The van der Waals surface area contributed by atoms with Gasteiger partial charge in [0.1, 0.15) is 11.8 Å². The molecule has 2 N–H and O–H groups in total. The number of thiol groups is 1. The van der Waals surface area contributed by atoms with Gasteiger partial charge in [0.25, 0.3) is 0 Å². The Kier molecular flexibility index (Phi) is 6.05. The second kappa shape index (κ2) is 7.54. The normalized spacial score (nSPS) is 11.3. The van der Waals surface area contributed by atoms with Gasteiger partial charge in [0.15, 0.2) is 0 Å². The van der Waals surface area contributed by atoms with Crippen molar-refractivity contribution in [3.05, 3.63) is 24.3 Å². The summed E-state index contributed by atoms with van der Waals surface area (Å²) in [6, 6.07) is 5.51. The number of amides is 2. The van der Waals surface area contributed by atoms with Crippen LogP contribution in [-0.2, 0) is 14.4 Å². The van der Waals surface area contributed by atoms with Crippen molar-refractivity contribution < 1.29 is 19.1 Å². The SMILES string of the molecule is CC(=O)Nc1ccc(OC(=O)[C@H](CS)NC(C)=O)cc1. The van der Waals surface area contributed by atoms with Crippen LogP contribution in [0.2, 0.25) is 0 Å². The van der Waals surface area contributed by atoms with Crippen LogP contribution in [-0.4, -0.2) is 29.6 Å². The molecule has 108 valence electrons. The van der Waals surface area contributed by atoms with Gasteiger partial charge < -0.3 is 15.4 Å². The summed E-state index contributed by atoms with van der Waals surface area (Å²) in [4.78, 5) is 33.6. The molecule has 0 radical (unpaired) electrons. The largest absolute Gasteiger partial charge is 0.425 e. The van der Waals surface area contributed by atoms with Crippen LogP contribution in [0.3, 0.4) is 0 Å². The number of hydrogen-bond donors (Lipinski definition) is 3. The monoisotopic (exact) mass is 296 g/mol. The van der Waals surface area contributed by atoms with E-state index in [-0.39, 0.29) is 17.6 Å². The van der Waals surface area contributed by atoms with E-state index in [1.807, 2.05) is 0 Å². The van der Waals surface area contributed by atoms with E-state index in [1.54, 1.807) is 24.3 Å². The van der Waals surface area contributed by atoms with E-state index in [0.717, 1.165) is 0 Å². The molecule has 0 spiro atoms. The van der Waals surface area contributed by atoms with E-state index >= 15 is 0 Å². The molecule has 0 unspecified atom stereocenters. The molecule has 0 aromatic heterocycles. The highest BCUT2D eigenvalue weighted by atomic mass is 32.1. The maximum Gasteiger partial charge on any atom is 0.334 e. The lowest BCUT2D eigenvalue weighted by Gasteiger charge is -2.14. The maximum absolute atomic E-state index is 11.8. The van der Waals surface area contributed by atoms with Crippen molar-refractivity contribution in [1.82, 2.24) is 5.32 Å². The molecule has 7 heteroatoms. The summed E-state index contributed by atoms with van der Waals surface area (Å²) in [6.07, 6.45) is 0. The summed E-state index contributed by atoms with van der Waals surface area (Å²) in [5.74, 6) is -0.649. The van der Waals surface area contributed by atoms with Crippen LogP contribution < -0.4 is 15.4 Å². The zero-order chi connectivity index (χ0) is 15.1. The topological polar surface area (TPSA) is 84.5 Å². The molecule has 0 fully saturated rings. The van der Waals surface area contributed by atoms with Crippen LogP contribution >= 0.6 is 12.6 Å². The van der Waals surface area contributed by atoms with Crippen molar-refractivity contribution in [2.45, 2.75) is 19.9 Å². The van der Waals surface area contributed by atoms with Crippen molar-refractivity contribution in [1.29, 1.82) is 0 Å². The number of ether oxygens (including phenoxy) is 1. The Bertz CT molecular complexity index is 502. The van der Waals surface area contributed by atoms with Crippen molar-refractivity contribution in [3.63, 3.8) is 0 Å². The lowest BCUT2D eigenvalue weighted by atomic mass is 10.3. The number of hydrogen-bond acceptors (Lipinski definition) is 5. The highest BCUT2D eigenvalue weighted by Gasteiger charge is 2.19. The Morgan fingerprint density at radius 1 is 1.15 bits per heavy atom. The Labute approximate surface area is 122 Å². The van der Waals surface area contributed by atoms with Crippen LogP contribution in [0.4, 0.5) is 5.69 Å². The van der Waals surface area contributed by atoms with Gasteiger partial charge in [0.05, 0.1) is 0 Å². The number of esters is 1. The molecule has 20 heavy (non-hydrogen) atoms. The Morgan fingerprint density at radius 3 is 2.20 bits per heavy atom. The van der Waals surface area contributed by atoms with Crippen LogP contribution in [0.25, 0.3) is 0 Å². The molecule has 1 aromatic rings. The molecule has 0 saturated carbocycles. The first kappa shape index (κ1) is 16.0. The average Bonchev–Trinajstić information content (AvgIpc) is 2.37. The van der Waals surface area contributed by atoms with Crippen LogP contribution in [0.15, 0.2) is 24.3 Å². The molecule has 1 rings (SSSR count). The predicted molar refractivity (Wildman–Crippen MR) is 77.8 cm³/mol. The number of carbonyl (C=O) groups is 3. The fourth-order valence-corrected chi connectivity index (χ4v) is 1.66. The second-order valence-corrected chi connectivity index (χ2v) is 4.43. The molecule has 2 amide bonds. The minimum absolute atomic E-state index is 0.141. The van der Waals surface area contributed by atoms with Crippen molar-refractivity contribution >= 4 is 36.1 Å². The molecule has 1 atom stereocenters. The Balaban J connectivity index is 2.65. The highest BCUT2D eigenvalue weighted by molar-refractivity contribution is 7.80. The van der Waals surface area contributed by atoms with E-state index < -0.39 is 12.0 Å². The summed E-state index contributed by atoms with van der Waals surface area (Å²) in [5.41, 5.74) is 0.602. The smallest absolute Gasteiger partial charge is 0.334 e. The van der Waals surface area contributed by atoms with Gasteiger partial charge in [-0.15, -0.1) is 0 Å². The molecule has 0 bridgehead atoms. The minimum atomic E-state index is -0.800. The minimum Gasteiger partial charge on any atom is -0.425 e. The summed E-state index contributed by atoms with van der Waals surface area (Å²) >= 11 is 3.99. The standard InChI is InChI=1S/C13H16N2O4S/c1-8(16)14-10-3-5-11(6-4-10)19-13(18)12(7-20)15-9(2)17/h3-6,12,20H,7H2,1-2H3,(H,14,16)(H,15,17)/t12-/m0/s1. The maximum atomic E-state index is 11.8. The van der Waals surface area contributed by atoms with E-state index in [1.165, 1.54) is 13.8 Å². The number of carbonyl (C=O) groups excluding carboxylic acids is 3. The molecule has 0 aliphatic rings. The van der Waals surface area contributed by atoms with E-state index in [2.05, 4.69) is 23.3 Å². The number of rotatable bonds is 5. The van der Waals surface area contributed by atoms with Crippen molar-refractivity contribution in [3.8, 4) is 5.75 Å². The first-order chi connectivity index (χ1) is 9.42. The quantitative estimate of drug-likeness (QED) is 0.430. The first-order valence-electron chi connectivity index (χ1n) is 5.89. The molecule has 0 saturated heterocycles. The summed E-state index contributed by atoms with van der Waals surface area (Å²) < 4.78 is 5.11. The molecular formula is C13H16N2O4S. The fourth-order valence-electron chi connectivity index (χ4n) is 1.42. The highest BCUT2D eigenvalue weighted by Crippen LogP contribution is 2.16. The van der Waals surface area contributed by atoms with Gasteiger partial charge >= 0.3 is 5.97 Å². The van der Waals surface area contributed by atoms with Gasteiger partial charge in [0, 0.05) is 25.3 Å². The van der Waals surface area contributed by atoms with Crippen LogP contribution in [0.5, 0.6) is 5.75 Å². The summed E-state index contributed by atoms with van der Waals surface area (Å²) in [6.45, 7) is 2.71. The fraction of sp³-hybridized carbons (Fsp3) is 0.308. The third-order valence-electron chi connectivity index (χ3n) is 2.24. The zero-order valence-electron chi connectivity index (χ0n) is 11.2. The van der Waals surface area contributed by atoms with Gasteiger partial charge in [-0.2, -0.15) is 12.6 Å². The van der Waals surface area contributed by atoms with E-state index in [0.29, 0.717) is 11.4 Å². The second-order valence-electron chi connectivity index (χ2n) is 4.06. The number of anilines is 1. The van der Waals surface area contributed by atoms with Gasteiger partial charge in [-0.05, 0) is 24.3 Å².